The summed E-state index contributed by atoms with van der Waals surface area (Å²) < 4.78 is 9.37. The molecular formula is C11H23NO4. The number of ether oxygens (including phenoxy) is 2. The van der Waals surface area contributed by atoms with E-state index in [1.165, 1.54) is 0 Å². The molecule has 0 aliphatic rings. The van der Waals surface area contributed by atoms with Crippen molar-refractivity contribution in [3.05, 3.63) is 0 Å². The van der Waals surface area contributed by atoms with Crippen LogP contribution in [0.15, 0.2) is 0 Å². The van der Waals surface area contributed by atoms with Gasteiger partial charge in [-0.05, 0) is 20.3 Å². The van der Waals surface area contributed by atoms with Crippen LogP contribution in [0.5, 0.6) is 0 Å². The summed E-state index contributed by atoms with van der Waals surface area (Å²) in [5.74, 6) is -0.816. The summed E-state index contributed by atoms with van der Waals surface area (Å²) >= 11 is 0. The van der Waals surface area contributed by atoms with Crippen LogP contribution in [0, 0.1) is 0 Å². The SMILES string of the molecule is CC.CCOC(=O)CCC(N)C(=O)OCC. The van der Waals surface area contributed by atoms with Crippen molar-refractivity contribution in [2.24, 2.45) is 5.73 Å². The number of rotatable bonds is 6. The van der Waals surface area contributed by atoms with Crippen LogP contribution < -0.4 is 5.73 Å². The Labute approximate surface area is 97.3 Å². The molecule has 0 radical (unpaired) electrons. The van der Waals surface area contributed by atoms with Gasteiger partial charge in [-0.2, -0.15) is 0 Å². The standard InChI is InChI=1S/C9H17NO4.C2H6/c1-3-13-8(11)6-5-7(10)9(12)14-4-2;1-2/h7H,3-6,10H2,1-2H3;1-2H3. The van der Waals surface area contributed by atoms with Gasteiger partial charge in [0.1, 0.15) is 6.04 Å². The smallest absolute Gasteiger partial charge is 0.322 e. The van der Waals surface area contributed by atoms with Crippen LogP contribution >= 0.6 is 0 Å². The molecule has 0 aliphatic carbocycles. The molecule has 0 heterocycles. The largest absolute Gasteiger partial charge is 0.466 e. The van der Waals surface area contributed by atoms with Gasteiger partial charge in [-0.1, -0.05) is 13.8 Å². The molecular weight excluding hydrogens is 210 g/mol. The van der Waals surface area contributed by atoms with E-state index in [0.29, 0.717) is 13.2 Å². The average molecular weight is 233 g/mol. The quantitative estimate of drug-likeness (QED) is 0.698. The highest BCUT2D eigenvalue weighted by Gasteiger charge is 2.16. The van der Waals surface area contributed by atoms with Gasteiger partial charge >= 0.3 is 11.9 Å². The molecule has 0 aromatic carbocycles. The topological polar surface area (TPSA) is 78.6 Å². The lowest BCUT2D eigenvalue weighted by Gasteiger charge is -2.09. The molecule has 1 unspecified atom stereocenters. The van der Waals surface area contributed by atoms with Crippen molar-refractivity contribution in [1.82, 2.24) is 0 Å². The van der Waals surface area contributed by atoms with Gasteiger partial charge in [-0.25, -0.2) is 0 Å². The minimum absolute atomic E-state index is 0.147. The summed E-state index contributed by atoms with van der Waals surface area (Å²) in [5, 5.41) is 0. The maximum atomic E-state index is 11.0. The van der Waals surface area contributed by atoms with Crippen molar-refractivity contribution in [3.63, 3.8) is 0 Å². The molecule has 0 fully saturated rings. The fourth-order valence-corrected chi connectivity index (χ4v) is 0.874. The monoisotopic (exact) mass is 233 g/mol. The summed E-state index contributed by atoms with van der Waals surface area (Å²) in [6.45, 7) is 8.07. The fourth-order valence-electron chi connectivity index (χ4n) is 0.874. The normalized spacial score (nSPS) is 10.8. The van der Waals surface area contributed by atoms with Gasteiger partial charge in [-0.15, -0.1) is 0 Å². The molecule has 5 nitrogen and oxygen atoms in total. The van der Waals surface area contributed by atoms with E-state index in [4.69, 9.17) is 5.73 Å². The lowest BCUT2D eigenvalue weighted by atomic mass is 10.2. The fraction of sp³-hybridized carbons (Fsp3) is 0.818. The predicted molar refractivity (Wildman–Crippen MR) is 61.8 cm³/mol. The van der Waals surface area contributed by atoms with Crippen molar-refractivity contribution in [2.75, 3.05) is 13.2 Å². The molecule has 0 saturated carbocycles. The maximum Gasteiger partial charge on any atom is 0.322 e. The summed E-state index contributed by atoms with van der Waals surface area (Å²) in [4.78, 5) is 21.9. The van der Waals surface area contributed by atoms with Gasteiger partial charge in [0.25, 0.3) is 0 Å². The van der Waals surface area contributed by atoms with Crippen molar-refractivity contribution < 1.29 is 19.1 Å². The molecule has 16 heavy (non-hydrogen) atoms. The Kier molecular flexibility index (Phi) is 12.9. The maximum absolute atomic E-state index is 11.0. The van der Waals surface area contributed by atoms with Crippen molar-refractivity contribution >= 4 is 11.9 Å². The van der Waals surface area contributed by atoms with Crippen LogP contribution in [0.4, 0.5) is 0 Å². The molecule has 5 heteroatoms. The summed E-state index contributed by atoms with van der Waals surface area (Å²) in [5.41, 5.74) is 5.47. The van der Waals surface area contributed by atoms with Crippen LogP contribution in [0.25, 0.3) is 0 Å². The van der Waals surface area contributed by atoms with Gasteiger partial charge < -0.3 is 15.2 Å². The second-order valence-corrected chi connectivity index (χ2v) is 2.70. The third-order valence-electron chi connectivity index (χ3n) is 1.55. The number of carbonyl (C=O) groups is 2. The van der Waals surface area contributed by atoms with Crippen LogP contribution in [0.2, 0.25) is 0 Å². The molecule has 0 bridgehead atoms. The second-order valence-electron chi connectivity index (χ2n) is 2.70. The van der Waals surface area contributed by atoms with Crippen LogP contribution in [-0.4, -0.2) is 31.2 Å². The van der Waals surface area contributed by atoms with E-state index in [1.54, 1.807) is 13.8 Å². The van der Waals surface area contributed by atoms with E-state index in [9.17, 15) is 9.59 Å². The summed E-state index contributed by atoms with van der Waals surface area (Å²) in [7, 11) is 0. The molecule has 0 aliphatic heterocycles. The number of nitrogens with two attached hydrogens (primary N) is 1. The number of carbonyl (C=O) groups excluding carboxylic acids is 2. The highest BCUT2D eigenvalue weighted by atomic mass is 16.5. The molecule has 96 valence electrons. The molecule has 0 spiro atoms. The van der Waals surface area contributed by atoms with Crippen LogP contribution in [-0.2, 0) is 19.1 Å². The van der Waals surface area contributed by atoms with Gasteiger partial charge in [-0.3, -0.25) is 9.59 Å². The Hall–Kier alpha value is -1.10. The van der Waals surface area contributed by atoms with Crippen LogP contribution in [0.3, 0.4) is 0 Å². The van der Waals surface area contributed by atoms with Gasteiger partial charge in [0, 0.05) is 6.42 Å². The van der Waals surface area contributed by atoms with E-state index in [1.807, 2.05) is 13.8 Å². The Morgan fingerprint density at radius 1 is 1.12 bits per heavy atom. The van der Waals surface area contributed by atoms with Crippen molar-refractivity contribution in [2.45, 2.75) is 46.6 Å². The Balaban J connectivity index is 0. The van der Waals surface area contributed by atoms with Gasteiger partial charge in [0.2, 0.25) is 0 Å². The van der Waals surface area contributed by atoms with E-state index < -0.39 is 12.0 Å². The first-order valence-electron chi connectivity index (χ1n) is 5.69. The van der Waals surface area contributed by atoms with Crippen molar-refractivity contribution in [1.29, 1.82) is 0 Å². The Morgan fingerprint density at radius 3 is 2.06 bits per heavy atom. The third kappa shape index (κ3) is 9.45. The van der Waals surface area contributed by atoms with E-state index in [2.05, 4.69) is 9.47 Å². The van der Waals surface area contributed by atoms with Gasteiger partial charge in [0.05, 0.1) is 13.2 Å². The number of hydrogen-bond donors (Lipinski definition) is 1. The number of hydrogen-bond acceptors (Lipinski definition) is 5. The Bertz CT molecular complexity index is 194. The molecule has 0 saturated heterocycles. The zero-order valence-corrected chi connectivity index (χ0v) is 10.6. The zero-order valence-electron chi connectivity index (χ0n) is 10.6. The minimum Gasteiger partial charge on any atom is -0.466 e. The van der Waals surface area contributed by atoms with Crippen LogP contribution in [0.1, 0.15) is 40.5 Å². The lowest BCUT2D eigenvalue weighted by molar-refractivity contribution is -0.146. The van der Waals surface area contributed by atoms with Gasteiger partial charge in [0.15, 0.2) is 0 Å². The first-order chi connectivity index (χ1) is 7.61. The highest BCUT2D eigenvalue weighted by Crippen LogP contribution is 1.99. The van der Waals surface area contributed by atoms with E-state index in [-0.39, 0.29) is 18.8 Å². The van der Waals surface area contributed by atoms with E-state index in [0.717, 1.165) is 0 Å². The molecule has 0 aromatic heterocycles. The second kappa shape index (κ2) is 12.0. The highest BCUT2D eigenvalue weighted by molar-refractivity contribution is 5.77. The minimum atomic E-state index is -0.737. The molecule has 0 aromatic rings. The van der Waals surface area contributed by atoms with E-state index >= 15 is 0 Å². The lowest BCUT2D eigenvalue weighted by Crippen LogP contribution is -2.32. The predicted octanol–water partition coefficient (Wildman–Crippen LogP) is 1.25. The zero-order chi connectivity index (χ0) is 13.0. The first-order valence-corrected chi connectivity index (χ1v) is 5.69. The number of esters is 2. The first kappa shape index (κ1) is 17.3. The third-order valence-corrected chi connectivity index (χ3v) is 1.55. The molecule has 2 N–H and O–H groups in total. The molecule has 0 rings (SSSR count). The molecule has 1 atom stereocenters. The Morgan fingerprint density at radius 2 is 1.62 bits per heavy atom. The van der Waals surface area contributed by atoms with Crippen molar-refractivity contribution in [3.8, 4) is 0 Å². The summed E-state index contributed by atoms with van der Waals surface area (Å²) in [6.07, 6.45) is 0.408. The average Bonchev–Trinajstić information content (AvgIpc) is 2.29. The summed E-state index contributed by atoms with van der Waals surface area (Å²) in [6, 6.07) is -0.737. The molecule has 0 amide bonds.